The van der Waals surface area contributed by atoms with Crippen LogP contribution in [0.15, 0.2) is 12.4 Å². The molecule has 0 saturated carbocycles. The zero-order chi connectivity index (χ0) is 15.2. The SMILES string of the molecule is O=S(=O)(N1CCOCC1)N1C2CCC1CC(n1nccn1)C2. The Balaban J connectivity index is 1.55. The average Bonchev–Trinajstić information content (AvgIpc) is 3.15. The van der Waals surface area contributed by atoms with Crippen molar-refractivity contribution in [2.24, 2.45) is 0 Å². The van der Waals surface area contributed by atoms with Crippen molar-refractivity contribution in [3.05, 3.63) is 12.4 Å². The molecule has 22 heavy (non-hydrogen) atoms. The van der Waals surface area contributed by atoms with E-state index < -0.39 is 10.2 Å². The van der Waals surface area contributed by atoms with Gasteiger partial charge in [-0.2, -0.15) is 32.0 Å². The Hall–Kier alpha value is -1.03. The Kier molecular flexibility index (Phi) is 3.67. The highest BCUT2D eigenvalue weighted by Gasteiger charge is 2.49. The predicted octanol–water partition coefficient (Wildman–Crippen LogP) is 0.0230. The summed E-state index contributed by atoms with van der Waals surface area (Å²) in [5, 5.41) is 8.45. The number of ether oxygens (including phenoxy) is 1. The van der Waals surface area contributed by atoms with E-state index in [0.717, 1.165) is 25.7 Å². The van der Waals surface area contributed by atoms with Crippen molar-refractivity contribution in [1.82, 2.24) is 23.6 Å². The zero-order valence-electron chi connectivity index (χ0n) is 12.4. The lowest BCUT2D eigenvalue weighted by molar-refractivity contribution is 0.0664. The van der Waals surface area contributed by atoms with Crippen LogP contribution in [0.2, 0.25) is 0 Å². The van der Waals surface area contributed by atoms with E-state index in [2.05, 4.69) is 10.2 Å². The Labute approximate surface area is 130 Å². The summed E-state index contributed by atoms with van der Waals surface area (Å²) >= 11 is 0. The van der Waals surface area contributed by atoms with Gasteiger partial charge in [-0.3, -0.25) is 0 Å². The monoisotopic (exact) mass is 327 g/mol. The van der Waals surface area contributed by atoms with Gasteiger partial charge in [0, 0.05) is 25.2 Å². The summed E-state index contributed by atoms with van der Waals surface area (Å²) < 4.78 is 34.5. The second kappa shape index (κ2) is 5.55. The van der Waals surface area contributed by atoms with Gasteiger partial charge in [0.05, 0.1) is 31.6 Å². The average molecular weight is 327 g/mol. The van der Waals surface area contributed by atoms with Crippen molar-refractivity contribution in [1.29, 1.82) is 0 Å². The third-order valence-corrected chi connectivity index (χ3v) is 7.11. The molecule has 2 bridgehead atoms. The van der Waals surface area contributed by atoms with Gasteiger partial charge in [-0.15, -0.1) is 0 Å². The first-order chi connectivity index (χ1) is 10.7. The Morgan fingerprint density at radius 1 is 0.955 bits per heavy atom. The van der Waals surface area contributed by atoms with Gasteiger partial charge in [0.25, 0.3) is 10.2 Å². The van der Waals surface area contributed by atoms with Crippen LogP contribution in [0.1, 0.15) is 31.7 Å². The molecule has 0 aliphatic carbocycles. The van der Waals surface area contributed by atoms with E-state index in [1.54, 1.807) is 25.8 Å². The van der Waals surface area contributed by atoms with Gasteiger partial charge < -0.3 is 4.74 Å². The first kappa shape index (κ1) is 14.6. The highest BCUT2D eigenvalue weighted by atomic mass is 32.2. The van der Waals surface area contributed by atoms with Crippen LogP contribution in [0, 0.1) is 0 Å². The topological polar surface area (TPSA) is 80.6 Å². The van der Waals surface area contributed by atoms with Crippen LogP contribution in [0.5, 0.6) is 0 Å². The van der Waals surface area contributed by atoms with Gasteiger partial charge in [-0.05, 0) is 25.7 Å². The normalized spacial score (nSPS) is 34.1. The van der Waals surface area contributed by atoms with E-state index in [4.69, 9.17) is 4.74 Å². The Morgan fingerprint density at radius 3 is 2.14 bits per heavy atom. The Bertz CT molecular complexity index is 600. The molecule has 0 spiro atoms. The predicted molar refractivity (Wildman–Crippen MR) is 78.3 cm³/mol. The van der Waals surface area contributed by atoms with E-state index in [1.807, 2.05) is 0 Å². The molecule has 3 aliphatic heterocycles. The second-order valence-electron chi connectivity index (χ2n) is 6.21. The third-order valence-electron chi connectivity index (χ3n) is 4.97. The largest absolute Gasteiger partial charge is 0.379 e. The molecule has 0 aromatic carbocycles. The number of hydrogen-bond donors (Lipinski definition) is 0. The van der Waals surface area contributed by atoms with Crippen LogP contribution in [0.25, 0.3) is 0 Å². The molecule has 3 saturated heterocycles. The molecule has 3 fully saturated rings. The van der Waals surface area contributed by atoms with Gasteiger partial charge in [0.2, 0.25) is 0 Å². The molecule has 4 rings (SSSR count). The molecule has 0 N–H and O–H groups in total. The summed E-state index contributed by atoms with van der Waals surface area (Å²) in [6.07, 6.45) is 6.83. The van der Waals surface area contributed by atoms with Crippen molar-refractivity contribution in [2.75, 3.05) is 26.3 Å². The quantitative estimate of drug-likeness (QED) is 0.782. The van der Waals surface area contributed by atoms with Crippen LogP contribution in [0.3, 0.4) is 0 Å². The molecule has 2 unspecified atom stereocenters. The minimum absolute atomic E-state index is 0.0718. The van der Waals surface area contributed by atoms with Crippen LogP contribution in [-0.4, -0.2) is 70.4 Å². The number of rotatable bonds is 3. The minimum Gasteiger partial charge on any atom is -0.379 e. The summed E-state index contributed by atoms with van der Waals surface area (Å²) in [5.74, 6) is 0. The first-order valence-electron chi connectivity index (χ1n) is 7.88. The fourth-order valence-electron chi connectivity index (χ4n) is 4.00. The number of fused-ring (bicyclic) bond motifs is 2. The zero-order valence-corrected chi connectivity index (χ0v) is 13.2. The maximum absolute atomic E-state index is 13.0. The minimum atomic E-state index is -3.38. The van der Waals surface area contributed by atoms with Crippen molar-refractivity contribution in [3.63, 3.8) is 0 Å². The van der Waals surface area contributed by atoms with E-state index in [1.165, 1.54) is 0 Å². The second-order valence-corrected chi connectivity index (χ2v) is 8.04. The van der Waals surface area contributed by atoms with Gasteiger partial charge in [0.15, 0.2) is 0 Å². The van der Waals surface area contributed by atoms with Crippen LogP contribution >= 0.6 is 0 Å². The lowest BCUT2D eigenvalue weighted by Gasteiger charge is -2.40. The Morgan fingerprint density at radius 2 is 1.55 bits per heavy atom. The summed E-state index contributed by atoms with van der Waals surface area (Å²) in [6, 6.07) is 0.355. The fraction of sp³-hybridized carbons (Fsp3) is 0.846. The number of piperidine rings is 1. The van der Waals surface area contributed by atoms with Gasteiger partial charge in [-0.1, -0.05) is 0 Å². The van der Waals surface area contributed by atoms with Crippen LogP contribution in [-0.2, 0) is 14.9 Å². The molecular weight excluding hydrogens is 306 g/mol. The van der Waals surface area contributed by atoms with Gasteiger partial charge >= 0.3 is 0 Å². The van der Waals surface area contributed by atoms with Crippen molar-refractivity contribution < 1.29 is 13.2 Å². The van der Waals surface area contributed by atoms with Crippen molar-refractivity contribution >= 4 is 10.2 Å². The number of aromatic nitrogens is 3. The molecule has 3 aliphatic rings. The van der Waals surface area contributed by atoms with Gasteiger partial charge in [0.1, 0.15) is 0 Å². The molecule has 4 heterocycles. The third kappa shape index (κ3) is 2.36. The number of nitrogens with zero attached hydrogens (tertiary/aromatic N) is 5. The highest BCUT2D eigenvalue weighted by molar-refractivity contribution is 7.86. The molecule has 0 amide bonds. The molecule has 0 radical (unpaired) electrons. The standard InChI is InChI=1S/C13H21N5O3S/c19-22(20,16-5-7-21-8-6-16)17-11-1-2-12(17)10-13(9-11)18-14-3-4-15-18/h3-4,11-13H,1-2,5-10H2. The number of hydrogen-bond acceptors (Lipinski definition) is 5. The van der Waals surface area contributed by atoms with Crippen molar-refractivity contribution in [2.45, 2.75) is 43.8 Å². The van der Waals surface area contributed by atoms with E-state index in [0.29, 0.717) is 26.3 Å². The van der Waals surface area contributed by atoms with E-state index in [-0.39, 0.29) is 18.1 Å². The maximum Gasteiger partial charge on any atom is 0.282 e. The lowest BCUT2D eigenvalue weighted by atomic mass is 10.0. The summed E-state index contributed by atoms with van der Waals surface area (Å²) in [7, 11) is -3.38. The molecule has 9 heteroatoms. The molecular formula is C13H21N5O3S. The number of morpholine rings is 1. The lowest BCUT2D eigenvalue weighted by Crippen LogP contribution is -2.55. The van der Waals surface area contributed by atoms with Crippen LogP contribution < -0.4 is 0 Å². The fourth-order valence-corrected chi connectivity index (χ4v) is 6.01. The smallest absolute Gasteiger partial charge is 0.282 e. The summed E-state index contributed by atoms with van der Waals surface area (Å²) in [5.41, 5.74) is 0. The summed E-state index contributed by atoms with van der Waals surface area (Å²) in [4.78, 5) is 1.74. The molecule has 8 nitrogen and oxygen atoms in total. The molecule has 2 atom stereocenters. The van der Waals surface area contributed by atoms with Crippen LogP contribution in [0.4, 0.5) is 0 Å². The van der Waals surface area contributed by atoms with Crippen molar-refractivity contribution in [3.8, 4) is 0 Å². The maximum atomic E-state index is 13.0. The highest BCUT2D eigenvalue weighted by Crippen LogP contribution is 2.42. The molecule has 1 aromatic heterocycles. The van der Waals surface area contributed by atoms with Gasteiger partial charge in [-0.25, -0.2) is 0 Å². The van der Waals surface area contributed by atoms with E-state index in [9.17, 15) is 8.42 Å². The molecule has 1 aromatic rings. The summed E-state index contributed by atoms with van der Waals surface area (Å²) in [6.45, 7) is 1.90. The first-order valence-corrected chi connectivity index (χ1v) is 9.28. The van der Waals surface area contributed by atoms with E-state index >= 15 is 0 Å². The molecule has 122 valence electrons.